The van der Waals surface area contributed by atoms with E-state index in [1.807, 2.05) is 0 Å². The summed E-state index contributed by atoms with van der Waals surface area (Å²) in [6.07, 6.45) is 75.8. The van der Waals surface area contributed by atoms with Crippen molar-refractivity contribution in [3.05, 3.63) is 122 Å². The number of carbonyl (C=O) groups is 3. The zero-order chi connectivity index (χ0) is 58.3. The first-order valence-corrected chi connectivity index (χ1v) is 32.9. The van der Waals surface area contributed by atoms with Gasteiger partial charge in [0, 0.05) is 19.3 Å². The smallest absolute Gasteiger partial charge is 0.462 e. The van der Waals surface area contributed by atoms with Crippen molar-refractivity contribution in [2.75, 3.05) is 26.4 Å². The number of hydrogen-bond donors (Lipinski definition) is 2. The van der Waals surface area contributed by atoms with Crippen LogP contribution in [-0.2, 0) is 42.2 Å². The van der Waals surface area contributed by atoms with Gasteiger partial charge in [0.05, 0.1) is 19.8 Å². The second-order valence-electron chi connectivity index (χ2n) is 20.5. The average Bonchev–Trinajstić information content (AvgIpc) is 3.45. The number of unbranched alkanes of at least 4 members (excludes halogenated alkanes) is 20. The first-order chi connectivity index (χ1) is 39.2. The Balaban J connectivity index is 4.81. The molecule has 80 heavy (non-hydrogen) atoms. The van der Waals surface area contributed by atoms with E-state index in [4.69, 9.17) is 23.3 Å². The highest BCUT2D eigenvalue weighted by atomic mass is 31.2. The van der Waals surface area contributed by atoms with E-state index in [0.29, 0.717) is 19.3 Å². The number of aliphatic hydroxyl groups excluding tert-OH is 1. The zero-order valence-electron chi connectivity index (χ0n) is 50.5. The number of allylic oxidation sites excluding steroid dienone is 20. The molecule has 0 aromatic carbocycles. The van der Waals surface area contributed by atoms with E-state index in [1.54, 1.807) is 0 Å². The molecule has 0 aliphatic rings. The predicted molar refractivity (Wildman–Crippen MR) is 334 cm³/mol. The van der Waals surface area contributed by atoms with E-state index in [1.165, 1.54) is 64.2 Å². The molecule has 0 aliphatic carbocycles. The third-order valence-corrected chi connectivity index (χ3v) is 13.8. The largest absolute Gasteiger partial charge is 0.472 e. The lowest BCUT2D eigenvalue weighted by Gasteiger charge is -2.21. The van der Waals surface area contributed by atoms with Crippen LogP contribution in [0.15, 0.2) is 122 Å². The highest BCUT2D eigenvalue weighted by Gasteiger charge is 2.28. The summed E-state index contributed by atoms with van der Waals surface area (Å²) in [4.78, 5) is 48.7. The summed E-state index contributed by atoms with van der Waals surface area (Å²) < 4.78 is 39.6. The first kappa shape index (κ1) is 75.9. The first-order valence-electron chi connectivity index (χ1n) is 31.4. The molecule has 2 N–H and O–H groups in total. The Labute approximate surface area is 487 Å². The number of carbonyl (C=O) groups excluding carboxylic acids is 3. The SMILES string of the molecule is CC/C=C\C/C=C\C/C=C\C/C=C\C/C=C\CCCCCC(=O)OCC(COP(=O)(O)OCC(CO)OC(=O)CCCCCCCCC/C=C\CCCCCCCC)OC(=O)CCCCCC/C=C\C/C=C\C/C=C\C/C=C\CC. The molecule has 0 aliphatic heterocycles. The standard InChI is InChI=1S/C68H113O11P/c1-4-7-10-13-16-19-22-25-28-31-32-35-36-39-42-45-48-51-54-57-66(70)75-61-65(79-68(72)59-56-53-50-47-44-41-38-34-30-27-24-21-18-15-12-9-6-3)63-77-80(73,74)76-62-64(60-69)78-67(71)58-55-52-49-46-43-40-37-33-29-26-23-20-17-14-11-8-5-2/h7,9-10,12,16,18-19,21,25-30,32,35,38-39,41-42,64-65,69H,4-6,8,11,13-15,17,20,22-24,31,33-34,36-37,40,43-63H2,1-3H3,(H,73,74)/b10-7-,12-9-,19-16-,21-18-,28-25-,29-26-,30-27-,35-32-,41-38-,42-39-. The van der Waals surface area contributed by atoms with Gasteiger partial charge in [0.15, 0.2) is 6.10 Å². The molecule has 0 rings (SSSR count). The van der Waals surface area contributed by atoms with Crippen molar-refractivity contribution in [2.24, 2.45) is 0 Å². The molecular weight excluding hydrogens is 1020 g/mol. The van der Waals surface area contributed by atoms with E-state index in [0.717, 1.165) is 128 Å². The van der Waals surface area contributed by atoms with Gasteiger partial charge in [0.1, 0.15) is 12.7 Å². The number of phosphoric acid groups is 1. The summed E-state index contributed by atoms with van der Waals surface area (Å²) in [5.74, 6) is -1.54. The van der Waals surface area contributed by atoms with Gasteiger partial charge in [0.2, 0.25) is 0 Å². The topological polar surface area (TPSA) is 155 Å². The molecule has 0 saturated carbocycles. The molecule has 3 atom stereocenters. The molecule has 0 radical (unpaired) electrons. The second kappa shape index (κ2) is 61.0. The molecule has 456 valence electrons. The maximum absolute atomic E-state index is 12.9. The fourth-order valence-corrected chi connectivity index (χ4v) is 8.92. The van der Waals surface area contributed by atoms with E-state index in [2.05, 4.69) is 142 Å². The summed E-state index contributed by atoms with van der Waals surface area (Å²) in [5, 5.41) is 9.85. The van der Waals surface area contributed by atoms with Crippen LogP contribution >= 0.6 is 7.82 Å². The van der Waals surface area contributed by atoms with Gasteiger partial charge < -0.3 is 24.2 Å². The average molecular weight is 1140 g/mol. The number of aliphatic hydroxyl groups is 1. The second-order valence-corrected chi connectivity index (χ2v) is 21.9. The van der Waals surface area contributed by atoms with Crippen molar-refractivity contribution in [3.8, 4) is 0 Å². The third kappa shape index (κ3) is 58.5. The molecule has 0 heterocycles. The maximum Gasteiger partial charge on any atom is 0.472 e. The van der Waals surface area contributed by atoms with Crippen LogP contribution in [0.4, 0.5) is 0 Å². The van der Waals surface area contributed by atoms with Gasteiger partial charge in [-0.2, -0.15) is 0 Å². The fourth-order valence-electron chi connectivity index (χ4n) is 8.13. The Hall–Kier alpha value is -4.12. The lowest BCUT2D eigenvalue weighted by atomic mass is 10.1. The van der Waals surface area contributed by atoms with E-state index in [9.17, 15) is 28.9 Å². The molecule has 12 heteroatoms. The highest BCUT2D eigenvalue weighted by Crippen LogP contribution is 2.43. The van der Waals surface area contributed by atoms with Crippen LogP contribution in [-0.4, -0.2) is 66.5 Å². The van der Waals surface area contributed by atoms with Gasteiger partial charge in [-0.25, -0.2) is 4.57 Å². The van der Waals surface area contributed by atoms with Gasteiger partial charge in [0.25, 0.3) is 0 Å². The molecule has 0 spiro atoms. The Morgan fingerprint density at radius 1 is 0.362 bits per heavy atom. The van der Waals surface area contributed by atoms with Crippen LogP contribution < -0.4 is 0 Å². The summed E-state index contributed by atoms with van der Waals surface area (Å²) in [7, 11) is -4.78. The molecular formula is C68H113O11P. The molecule has 3 unspecified atom stereocenters. The Morgan fingerprint density at radius 3 is 1.02 bits per heavy atom. The number of hydrogen-bond acceptors (Lipinski definition) is 10. The number of phosphoric ester groups is 1. The minimum atomic E-state index is -4.78. The van der Waals surface area contributed by atoms with Gasteiger partial charge in [-0.15, -0.1) is 0 Å². The Bertz CT molecular complexity index is 1800. The van der Waals surface area contributed by atoms with Crippen molar-refractivity contribution >= 4 is 25.7 Å². The zero-order valence-corrected chi connectivity index (χ0v) is 51.4. The highest BCUT2D eigenvalue weighted by molar-refractivity contribution is 7.47. The minimum absolute atomic E-state index is 0.126. The normalized spacial score (nSPS) is 14.1. The van der Waals surface area contributed by atoms with Gasteiger partial charge in [-0.05, 0) is 128 Å². The predicted octanol–water partition coefficient (Wildman–Crippen LogP) is 19.1. The van der Waals surface area contributed by atoms with Crippen LogP contribution in [0.1, 0.15) is 252 Å². The van der Waals surface area contributed by atoms with Crippen LogP contribution in [0.2, 0.25) is 0 Å². The molecule has 0 aromatic heterocycles. The summed E-state index contributed by atoms with van der Waals surface area (Å²) in [6, 6.07) is 0. The van der Waals surface area contributed by atoms with Crippen LogP contribution in [0.5, 0.6) is 0 Å². The third-order valence-electron chi connectivity index (χ3n) is 12.8. The lowest BCUT2D eigenvalue weighted by Crippen LogP contribution is -2.30. The molecule has 0 saturated heterocycles. The Kier molecular flexibility index (Phi) is 57.8. The monoisotopic (exact) mass is 1140 g/mol. The summed E-state index contributed by atoms with van der Waals surface area (Å²) >= 11 is 0. The van der Waals surface area contributed by atoms with Crippen LogP contribution in [0.3, 0.4) is 0 Å². The van der Waals surface area contributed by atoms with Crippen LogP contribution in [0.25, 0.3) is 0 Å². The van der Waals surface area contributed by atoms with E-state index in [-0.39, 0.29) is 25.9 Å². The van der Waals surface area contributed by atoms with Crippen molar-refractivity contribution in [1.82, 2.24) is 0 Å². The van der Waals surface area contributed by atoms with Crippen molar-refractivity contribution in [3.63, 3.8) is 0 Å². The van der Waals surface area contributed by atoms with Gasteiger partial charge in [-0.1, -0.05) is 226 Å². The lowest BCUT2D eigenvalue weighted by molar-refractivity contribution is -0.161. The quantitative estimate of drug-likeness (QED) is 0.0197. The fraction of sp³-hybridized carbons (Fsp3) is 0.662. The molecule has 0 aromatic rings. The summed E-state index contributed by atoms with van der Waals surface area (Å²) in [6.45, 7) is 4.35. The van der Waals surface area contributed by atoms with E-state index < -0.39 is 57.8 Å². The molecule has 0 bridgehead atoms. The van der Waals surface area contributed by atoms with Crippen molar-refractivity contribution < 1.29 is 52.2 Å². The van der Waals surface area contributed by atoms with Gasteiger partial charge in [-0.3, -0.25) is 23.4 Å². The number of rotatable bonds is 57. The minimum Gasteiger partial charge on any atom is -0.462 e. The number of esters is 3. The van der Waals surface area contributed by atoms with Crippen molar-refractivity contribution in [2.45, 2.75) is 264 Å². The number of ether oxygens (including phenoxy) is 3. The van der Waals surface area contributed by atoms with Crippen molar-refractivity contribution in [1.29, 1.82) is 0 Å². The maximum atomic E-state index is 12.9. The molecule has 0 amide bonds. The van der Waals surface area contributed by atoms with Crippen LogP contribution in [0, 0.1) is 0 Å². The molecule has 0 fully saturated rings. The summed E-state index contributed by atoms with van der Waals surface area (Å²) in [5.41, 5.74) is 0. The Morgan fingerprint density at radius 2 is 0.650 bits per heavy atom. The molecule has 11 nitrogen and oxygen atoms in total. The van der Waals surface area contributed by atoms with E-state index >= 15 is 0 Å². The van der Waals surface area contributed by atoms with Gasteiger partial charge >= 0.3 is 25.7 Å².